The molecule has 0 aliphatic carbocycles. The first kappa shape index (κ1) is 13.4. The molecule has 0 N–H and O–H groups in total. The highest BCUT2D eigenvalue weighted by atomic mass is 79.9. The zero-order valence-electron chi connectivity index (χ0n) is 10.9. The van der Waals surface area contributed by atoms with Crippen LogP contribution in [0.5, 0.6) is 0 Å². The number of hydrogen-bond acceptors (Lipinski definition) is 0. The molecule has 0 aliphatic heterocycles. The minimum Gasteiger partial charge on any atom is -0.0884 e. The molecule has 0 saturated carbocycles. The average Bonchev–Trinajstić information content (AvgIpc) is 2.47. The predicted octanol–water partition coefficient (Wildman–Crippen LogP) is 5.63. The van der Waals surface area contributed by atoms with Crippen LogP contribution in [-0.4, -0.2) is 4.83 Å². The molecule has 2 rings (SSSR count). The van der Waals surface area contributed by atoms with Crippen LogP contribution in [0.3, 0.4) is 0 Å². The molecule has 0 fully saturated rings. The monoisotopic (exact) mass is 302 g/mol. The molecule has 0 amide bonds. The molecule has 2 atom stereocenters. The smallest absolute Gasteiger partial charge is 0.0209 e. The van der Waals surface area contributed by atoms with Gasteiger partial charge in [0.1, 0.15) is 0 Å². The van der Waals surface area contributed by atoms with E-state index in [1.54, 1.807) is 0 Å². The van der Waals surface area contributed by atoms with Crippen molar-refractivity contribution >= 4 is 15.9 Å². The van der Waals surface area contributed by atoms with Gasteiger partial charge in [-0.2, -0.15) is 0 Å². The number of rotatable bonds is 4. The molecule has 0 heterocycles. The summed E-state index contributed by atoms with van der Waals surface area (Å²) >= 11 is 3.74. The molecule has 2 aromatic carbocycles. The lowest BCUT2D eigenvalue weighted by molar-refractivity contribution is 0.694. The maximum Gasteiger partial charge on any atom is 0.0209 e. The molecule has 0 spiro atoms. The van der Waals surface area contributed by atoms with E-state index < -0.39 is 0 Å². The van der Waals surface area contributed by atoms with Gasteiger partial charge in [-0.3, -0.25) is 0 Å². The fourth-order valence-electron chi connectivity index (χ4n) is 2.17. The Kier molecular flexibility index (Phi) is 4.60. The van der Waals surface area contributed by atoms with Crippen LogP contribution < -0.4 is 0 Å². The number of benzene rings is 2. The third-order valence-corrected chi connectivity index (χ3v) is 4.92. The summed E-state index contributed by atoms with van der Waals surface area (Å²) in [5.74, 6) is 0.555. The van der Waals surface area contributed by atoms with E-state index in [2.05, 4.69) is 84.4 Å². The summed E-state index contributed by atoms with van der Waals surface area (Å²) in [5.41, 5.74) is 3.97. The lowest BCUT2D eigenvalue weighted by Gasteiger charge is -2.17. The van der Waals surface area contributed by atoms with Gasteiger partial charge in [-0.05, 0) is 29.0 Å². The van der Waals surface area contributed by atoms with Crippen molar-refractivity contribution in [3.05, 3.63) is 60.2 Å². The molecule has 1 heteroatoms. The normalized spacial score (nSPS) is 14.2. The zero-order valence-corrected chi connectivity index (χ0v) is 12.5. The van der Waals surface area contributed by atoms with Crippen LogP contribution in [-0.2, 0) is 0 Å². The van der Waals surface area contributed by atoms with E-state index in [9.17, 15) is 0 Å². The third kappa shape index (κ3) is 3.02. The molecule has 94 valence electrons. The Morgan fingerprint density at radius 3 is 2.00 bits per heavy atom. The molecular formula is C17H19Br. The van der Waals surface area contributed by atoms with Gasteiger partial charge in [0, 0.05) is 4.83 Å². The van der Waals surface area contributed by atoms with Crippen LogP contribution in [0.4, 0.5) is 0 Å². The van der Waals surface area contributed by atoms with Crippen LogP contribution in [0, 0.1) is 0 Å². The van der Waals surface area contributed by atoms with Crippen molar-refractivity contribution in [3.63, 3.8) is 0 Å². The summed E-state index contributed by atoms with van der Waals surface area (Å²) in [4.78, 5) is 0.556. The summed E-state index contributed by atoms with van der Waals surface area (Å²) in [7, 11) is 0. The summed E-state index contributed by atoms with van der Waals surface area (Å²) < 4.78 is 0. The van der Waals surface area contributed by atoms with Crippen LogP contribution in [0.1, 0.15) is 31.7 Å². The van der Waals surface area contributed by atoms with Crippen molar-refractivity contribution in [3.8, 4) is 11.1 Å². The quantitative estimate of drug-likeness (QED) is 0.642. The van der Waals surface area contributed by atoms with E-state index in [1.165, 1.54) is 16.7 Å². The van der Waals surface area contributed by atoms with Gasteiger partial charge in [0.2, 0.25) is 0 Å². The van der Waals surface area contributed by atoms with E-state index >= 15 is 0 Å². The number of alkyl halides is 1. The van der Waals surface area contributed by atoms with Gasteiger partial charge in [0.15, 0.2) is 0 Å². The van der Waals surface area contributed by atoms with Gasteiger partial charge in [0.25, 0.3) is 0 Å². The van der Waals surface area contributed by atoms with Gasteiger partial charge < -0.3 is 0 Å². The average molecular weight is 303 g/mol. The van der Waals surface area contributed by atoms with Crippen LogP contribution in [0.2, 0.25) is 0 Å². The Hall–Kier alpha value is -1.08. The number of hydrogen-bond donors (Lipinski definition) is 0. The minimum absolute atomic E-state index is 0.555. The van der Waals surface area contributed by atoms with Crippen molar-refractivity contribution in [2.75, 3.05) is 0 Å². The second kappa shape index (κ2) is 6.19. The lowest BCUT2D eigenvalue weighted by atomic mass is 9.94. The molecule has 0 aromatic heterocycles. The Labute approximate surface area is 118 Å². The minimum atomic E-state index is 0.555. The van der Waals surface area contributed by atoms with Gasteiger partial charge >= 0.3 is 0 Å². The molecule has 0 radical (unpaired) electrons. The largest absolute Gasteiger partial charge is 0.0884 e. The Morgan fingerprint density at radius 1 is 0.889 bits per heavy atom. The highest BCUT2D eigenvalue weighted by Crippen LogP contribution is 2.28. The van der Waals surface area contributed by atoms with E-state index in [4.69, 9.17) is 0 Å². The molecule has 18 heavy (non-hydrogen) atoms. The van der Waals surface area contributed by atoms with E-state index in [1.807, 2.05) is 0 Å². The SMILES string of the molecule is CCC(Br)C(C)c1ccc(-c2ccccc2)cc1. The Morgan fingerprint density at radius 2 is 1.44 bits per heavy atom. The van der Waals surface area contributed by atoms with E-state index in [0.717, 1.165) is 6.42 Å². The first-order valence-corrected chi connectivity index (χ1v) is 7.43. The van der Waals surface area contributed by atoms with Gasteiger partial charge in [-0.25, -0.2) is 0 Å². The molecule has 0 nitrogen and oxygen atoms in total. The highest BCUT2D eigenvalue weighted by Gasteiger charge is 2.13. The standard InChI is InChI=1S/C17H19Br/c1-3-17(18)13(2)14-9-11-16(12-10-14)15-7-5-4-6-8-15/h4-13,17H,3H2,1-2H3. The Balaban J connectivity index is 2.20. The van der Waals surface area contributed by atoms with Gasteiger partial charge in [-0.1, -0.05) is 84.4 Å². The predicted molar refractivity (Wildman–Crippen MR) is 83.3 cm³/mol. The first-order valence-electron chi connectivity index (χ1n) is 6.51. The van der Waals surface area contributed by atoms with Gasteiger partial charge in [0.05, 0.1) is 0 Å². The van der Waals surface area contributed by atoms with Crippen molar-refractivity contribution in [2.45, 2.75) is 31.0 Å². The second-order valence-corrected chi connectivity index (χ2v) is 5.88. The van der Waals surface area contributed by atoms with Crippen molar-refractivity contribution in [1.82, 2.24) is 0 Å². The fraction of sp³-hybridized carbons (Fsp3) is 0.294. The molecule has 0 aliphatic rings. The summed E-state index contributed by atoms with van der Waals surface area (Å²) in [6, 6.07) is 19.4. The lowest BCUT2D eigenvalue weighted by Crippen LogP contribution is -2.07. The molecular weight excluding hydrogens is 284 g/mol. The maximum atomic E-state index is 3.74. The zero-order chi connectivity index (χ0) is 13.0. The molecule has 2 aromatic rings. The van der Waals surface area contributed by atoms with Crippen LogP contribution in [0.25, 0.3) is 11.1 Å². The molecule has 0 bridgehead atoms. The van der Waals surface area contributed by atoms with Crippen molar-refractivity contribution in [2.24, 2.45) is 0 Å². The fourth-order valence-corrected chi connectivity index (χ4v) is 2.48. The van der Waals surface area contributed by atoms with Crippen molar-refractivity contribution < 1.29 is 0 Å². The first-order chi connectivity index (χ1) is 8.72. The Bertz CT molecular complexity index is 473. The van der Waals surface area contributed by atoms with Crippen LogP contribution >= 0.6 is 15.9 Å². The summed E-state index contributed by atoms with van der Waals surface area (Å²) in [6.07, 6.45) is 1.15. The van der Waals surface area contributed by atoms with E-state index in [-0.39, 0.29) is 0 Å². The summed E-state index contributed by atoms with van der Waals surface area (Å²) in [6.45, 7) is 4.49. The summed E-state index contributed by atoms with van der Waals surface area (Å²) in [5, 5.41) is 0. The van der Waals surface area contributed by atoms with E-state index in [0.29, 0.717) is 10.7 Å². The number of halogens is 1. The third-order valence-electron chi connectivity index (χ3n) is 3.48. The topological polar surface area (TPSA) is 0 Å². The van der Waals surface area contributed by atoms with Gasteiger partial charge in [-0.15, -0.1) is 0 Å². The maximum absolute atomic E-state index is 3.74. The second-order valence-electron chi connectivity index (χ2n) is 4.70. The molecule has 0 saturated heterocycles. The van der Waals surface area contributed by atoms with Crippen molar-refractivity contribution in [1.29, 1.82) is 0 Å². The van der Waals surface area contributed by atoms with Crippen LogP contribution in [0.15, 0.2) is 54.6 Å². The molecule has 2 unspecified atom stereocenters. The highest BCUT2D eigenvalue weighted by molar-refractivity contribution is 9.09.